The number of hydrogen-bond donors (Lipinski definition) is 1. The third-order valence-electron chi connectivity index (χ3n) is 4.67. The van der Waals surface area contributed by atoms with Crippen molar-refractivity contribution in [1.29, 1.82) is 0 Å². The van der Waals surface area contributed by atoms with E-state index in [2.05, 4.69) is 14.9 Å². The number of hydrogen-bond acceptors (Lipinski definition) is 5. The molecule has 1 heterocycles. The van der Waals surface area contributed by atoms with Gasteiger partial charge in [0.25, 0.3) is 0 Å². The molecule has 0 aliphatic heterocycles. The van der Waals surface area contributed by atoms with Crippen molar-refractivity contribution in [2.45, 2.75) is 20.0 Å². The largest absolute Gasteiger partial charge is 0.393 e. The Morgan fingerprint density at radius 2 is 1.68 bits per heavy atom. The predicted molar refractivity (Wildman–Crippen MR) is 125 cm³/mol. The molecule has 0 saturated carbocycles. The number of aromatic nitrogens is 1. The first-order chi connectivity index (χ1) is 14.8. The summed E-state index contributed by atoms with van der Waals surface area (Å²) in [4.78, 5) is 10.3. The molecule has 1 N–H and O–H groups in total. The summed E-state index contributed by atoms with van der Waals surface area (Å²) in [6.45, 7) is 3.81. The van der Waals surface area contributed by atoms with E-state index in [9.17, 15) is 8.42 Å². The molecular weight excluding hydrogens is 410 g/mol. The highest BCUT2D eigenvalue weighted by Gasteiger charge is 2.09. The average Bonchev–Trinajstić information content (AvgIpc) is 2.87. The van der Waals surface area contributed by atoms with Crippen LogP contribution in [0.25, 0.3) is 32.8 Å². The number of sulfonamides is 1. The van der Waals surface area contributed by atoms with Crippen LogP contribution in [-0.4, -0.2) is 25.8 Å². The van der Waals surface area contributed by atoms with E-state index in [1.807, 2.05) is 74.6 Å². The van der Waals surface area contributed by atoms with E-state index in [0.29, 0.717) is 11.0 Å². The number of rotatable bonds is 5. The van der Waals surface area contributed by atoms with Gasteiger partial charge in [0.2, 0.25) is 10.0 Å². The highest BCUT2D eigenvalue weighted by molar-refractivity contribution is 7.92. The highest BCUT2D eigenvalue weighted by atomic mass is 32.2. The van der Waals surface area contributed by atoms with Crippen LogP contribution in [0.1, 0.15) is 13.8 Å². The van der Waals surface area contributed by atoms with Gasteiger partial charge in [0.1, 0.15) is 11.5 Å². The van der Waals surface area contributed by atoms with Crippen LogP contribution in [0.5, 0.6) is 0 Å². The molecule has 0 atom stereocenters. The maximum Gasteiger partial charge on any atom is 0.229 e. The Balaban J connectivity index is 2.07. The first-order valence-electron chi connectivity index (χ1n) is 9.90. The quantitative estimate of drug-likeness (QED) is 0.464. The van der Waals surface area contributed by atoms with Gasteiger partial charge in [-0.25, -0.2) is 8.42 Å². The zero-order chi connectivity index (χ0) is 22.0. The molecule has 31 heavy (non-hydrogen) atoms. The van der Waals surface area contributed by atoms with Crippen molar-refractivity contribution in [2.24, 2.45) is 5.16 Å². The first-order valence-corrected chi connectivity index (χ1v) is 11.8. The lowest BCUT2D eigenvalue weighted by Crippen LogP contribution is -2.11. The van der Waals surface area contributed by atoms with Crippen molar-refractivity contribution in [3.63, 3.8) is 0 Å². The molecule has 0 amide bonds. The van der Waals surface area contributed by atoms with Gasteiger partial charge in [-0.15, -0.1) is 0 Å². The summed E-state index contributed by atoms with van der Waals surface area (Å²) in [5, 5.41) is 7.53. The van der Waals surface area contributed by atoms with Gasteiger partial charge in [-0.2, -0.15) is 0 Å². The van der Waals surface area contributed by atoms with E-state index in [1.165, 1.54) is 0 Å². The van der Waals surface area contributed by atoms with Crippen molar-refractivity contribution < 1.29 is 13.3 Å². The number of benzene rings is 2. The Bertz CT molecular complexity index is 1430. The fourth-order valence-electron chi connectivity index (χ4n) is 3.34. The second-order valence-electron chi connectivity index (χ2n) is 7.63. The van der Waals surface area contributed by atoms with Crippen LogP contribution in [0.15, 0.2) is 78.1 Å². The molecule has 0 saturated heterocycles. The monoisotopic (exact) mass is 433 g/mol. The molecule has 4 rings (SSSR count). The van der Waals surface area contributed by atoms with Gasteiger partial charge in [-0.3, -0.25) is 9.71 Å². The van der Waals surface area contributed by atoms with Crippen LogP contribution in [0, 0.1) is 0 Å². The van der Waals surface area contributed by atoms with E-state index >= 15 is 0 Å². The number of pyridine rings is 1. The number of anilines is 1. The lowest BCUT2D eigenvalue weighted by molar-refractivity contribution is 0.0777. The molecule has 0 radical (unpaired) electrons. The number of nitrogens with one attached hydrogen (secondary N) is 1. The molecule has 0 aliphatic carbocycles. The average molecular weight is 434 g/mol. The van der Waals surface area contributed by atoms with Gasteiger partial charge < -0.3 is 4.84 Å². The Morgan fingerprint density at radius 3 is 2.39 bits per heavy atom. The lowest BCUT2D eigenvalue weighted by Gasteiger charge is -2.06. The summed E-state index contributed by atoms with van der Waals surface area (Å²) in [5.74, 6) is 0. The predicted octanol–water partition coefficient (Wildman–Crippen LogP) is 4.67. The van der Waals surface area contributed by atoms with Gasteiger partial charge in [-0.05, 0) is 49.1 Å². The summed E-state index contributed by atoms with van der Waals surface area (Å²) in [6, 6.07) is 21.3. The molecule has 7 heteroatoms. The third-order valence-corrected chi connectivity index (χ3v) is 5.27. The Labute approximate surface area is 181 Å². The standard InChI is InChI=1S/C24H23N3O3S/c1-16(2)30-26-24-21-14-20(27-31(3,28)29)11-9-18(21)10-12-23-22(24)13-19(15-25-23)17-7-5-4-6-8-17/h4-16,27H,1-3H3/b26-24+. The fourth-order valence-corrected chi connectivity index (χ4v) is 3.90. The first kappa shape index (κ1) is 20.8. The maximum absolute atomic E-state index is 11.7. The van der Waals surface area contributed by atoms with E-state index in [-0.39, 0.29) is 6.10 Å². The zero-order valence-electron chi connectivity index (χ0n) is 17.5. The number of fused-ring (bicyclic) bond motifs is 2. The van der Waals surface area contributed by atoms with Crippen molar-refractivity contribution in [1.82, 2.24) is 4.98 Å². The summed E-state index contributed by atoms with van der Waals surface area (Å²) < 4.78 is 26.0. The third kappa shape index (κ3) is 4.83. The van der Waals surface area contributed by atoms with Crippen LogP contribution in [0.4, 0.5) is 5.69 Å². The molecule has 0 spiro atoms. The Kier molecular flexibility index (Phi) is 5.61. The maximum atomic E-state index is 11.7. The van der Waals surface area contributed by atoms with E-state index in [0.717, 1.165) is 39.1 Å². The van der Waals surface area contributed by atoms with Gasteiger partial charge >= 0.3 is 0 Å². The van der Waals surface area contributed by atoms with Crippen LogP contribution < -0.4 is 10.1 Å². The smallest absolute Gasteiger partial charge is 0.229 e. The summed E-state index contributed by atoms with van der Waals surface area (Å²) in [5.41, 5.74) is 3.23. The SMILES string of the molecule is CC(C)O/N=c1\c2cc(NS(C)(=O)=O)ccc2ccc2ncc(-c3ccccc3)cc12. The Hall–Kier alpha value is -3.45. The van der Waals surface area contributed by atoms with Gasteiger partial charge in [0, 0.05) is 28.2 Å². The van der Waals surface area contributed by atoms with Crippen LogP contribution >= 0.6 is 0 Å². The van der Waals surface area contributed by atoms with Crippen molar-refractivity contribution in [3.8, 4) is 11.1 Å². The molecule has 1 aromatic heterocycles. The van der Waals surface area contributed by atoms with Crippen LogP contribution in [0.2, 0.25) is 0 Å². The highest BCUT2D eigenvalue weighted by Crippen LogP contribution is 2.23. The normalized spacial score (nSPS) is 12.5. The molecule has 0 bridgehead atoms. The lowest BCUT2D eigenvalue weighted by atomic mass is 10.1. The molecule has 4 aromatic rings. The van der Waals surface area contributed by atoms with Crippen molar-refractivity contribution in [3.05, 3.63) is 78.3 Å². The van der Waals surface area contributed by atoms with Gasteiger partial charge in [0.15, 0.2) is 0 Å². The fraction of sp³-hybridized carbons (Fsp3) is 0.167. The summed E-state index contributed by atoms with van der Waals surface area (Å²) in [7, 11) is -3.41. The number of nitrogens with zero attached hydrogens (tertiary/aromatic N) is 2. The van der Waals surface area contributed by atoms with Gasteiger partial charge in [0.05, 0.1) is 11.8 Å². The van der Waals surface area contributed by atoms with Crippen molar-refractivity contribution >= 4 is 37.4 Å². The molecule has 6 nitrogen and oxygen atoms in total. The van der Waals surface area contributed by atoms with E-state index < -0.39 is 10.0 Å². The van der Waals surface area contributed by atoms with Gasteiger partial charge in [-0.1, -0.05) is 47.6 Å². The molecule has 0 unspecified atom stereocenters. The second-order valence-corrected chi connectivity index (χ2v) is 9.37. The Morgan fingerprint density at radius 1 is 0.935 bits per heavy atom. The molecule has 3 aromatic carbocycles. The molecule has 0 fully saturated rings. The minimum atomic E-state index is -3.41. The van der Waals surface area contributed by atoms with Crippen LogP contribution in [0.3, 0.4) is 0 Å². The minimum absolute atomic E-state index is 0.113. The summed E-state index contributed by atoms with van der Waals surface area (Å²) >= 11 is 0. The molecular formula is C24H23N3O3S. The minimum Gasteiger partial charge on any atom is -0.393 e. The molecule has 158 valence electrons. The van der Waals surface area contributed by atoms with E-state index in [4.69, 9.17) is 4.84 Å². The second kappa shape index (κ2) is 8.35. The summed E-state index contributed by atoms with van der Waals surface area (Å²) in [6.07, 6.45) is 2.85. The topological polar surface area (TPSA) is 80.6 Å². The van der Waals surface area contributed by atoms with Crippen molar-refractivity contribution in [2.75, 3.05) is 11.0 Å². The zero-order valence-corrected chi connectivity index (χ0v) is 18.3. The van der Waals surface area contributed by atoms with Crippen LogP contribution in [-0.2, 0) is 14.9 Å². The van der Waals surface area contributed by atoms with E-state index in [1.54, 1.807) is 12.1 Å². The molecule has 0 aliphatic rings.